The van der Waals surface area contributed by atoms with E-state index in [-0.39, 0.29) is 24.0 Å². The van der Waals surface area contributed by atoms with Crippen molar-refractivity contribution in [2.75, 3.05) is 61.1 Å². The lowest BCUT2D eigenvalue weighted by Crippen LogP contribution is -2.52. The number of ether oxygens (including phenoxy) is 3. The van der Waals surface area contributed by atoms with Crippen LogP contribution < -0.4 is 19.5 Å². The Morgan fingerprint density at radius 2 is 1.58 bits per heavy atom. The van der Waals surface area contributed by atoms with Crippen molar-refractivity contribution >= 4 is 29.9 Å². The molecule has 1 fully saturated rings. The first kappa shape index (κ1) is 27.0. The lowest BCUT2D eigenvalue weighted by atomic mass is 10.1. The van der Waals surface area contributed by atoms with Gasteiger partial charge in [0.05, 0.1) is 21.3 Å². The molecule has 1 heterocycles. The van der Waals surface area contributed by atoms with Crippen molar-refractivity contribution in [3.63, 3.8) is 0 Å². The predicted octanol–water partition coefficient (Wildman–Crippen LogP) is 3.57. The van der Waals surface area contributed by atoms with E-state index in [9.17, 15) is 0 Å². The first-order chi connectivity index (χ1) is 15.6. The summed E-state index contributed by atoms with van der Waals surface area (Å²) in [6, 6.07) is 12.7. The number of hydrogen-bond acceptors (Lipinski definition) is 5. The number of halogens is 1. The minimum Gasteiger partial charge on any atom is -0.493 e. The van der Waals surface area contributed by atoms with Gasteiger partial charge >= 0.3 is 0 Å². The van der Waals surface area contributed by atoms with E-state index in [4.69, 9.17) is 14.2 Å². The lowest BCUT2D eigenvalue weighted by molar-refractivity contribution is 0.170. The average molecular weight is 569 g/mol. The van der Waals surface area contributed by atoms with Crippen molar-refractivity contribution in [1.29, 1.82) is 0 Å². The van der Waals surface area contributed by atoms with Crippen molar-refractivity contribution in [2.45, 2.75) is 19.9 Å². The van der Waals surface area contributed by atoms with Crippen LogP contribution in [0.5, 0.6) is 17.2 Å². The van der Waals surface area contributed by atoms with E-state index in [0.29, 0.717) is 11.5 Å². The summed E-state index contributed by atoms with van der Waals surface area (Å²) in [7, 11) is 6.80. The van der Waals surface area contributed by atoms with E-state index in [2.05, 4.69) is 57.4 Å². The molecule has 0 unspecified atom stereocenters. The summed E-state index contributed by atoms with van der Waals surface area (Å²) >= 11 is 0. The Morgan fingerprint density at radius 3 is 2.15 bits per heavy atom. The van der Waals surface area contributed by atoms with E-state index in [1.165, 1.54) is 11.1 Å². The molecule has 0 spiro atoms. The Bertz CT molecular complexity index is 897. The zero-order chi connectivity index (χ0) is 22.9. The highest BCUT2D eigenvalue weighted by atomic mass is 127. The van der Waals surface area contributed by atoms with E-state index in [1.807, 2.05) is 13.1 Å². The molecule has 182 valence electrons. The molecule has 1 saturated heterocycles. The number of rotatable bonds is 8. The van der Waals surface area contributed by atoms with Gasteiger partial charge in [0.15, 0.2) is 17.5 Å². The third-order valence-electron chi connectivity index (χ3n) is 5.88. The summed E-state index contributed by atoms with van der Waals surface area (Å²) in [4.78, 5) is 9.26. The van der Waals surface area contributed by atoms with Crippen LogP contribution in [0.3, 0.4) is 0 Å². The van der Waals surface area contributed by atoms with Gasteiger partial charge in [-0.05, 0) is 25.0 Å². The zero-order valence-corrected chi connectivity index (χ0v) is 22.7. The first-order valence-corrected chi connectivity index (χ1v) is 11.1. The number of hydrogen-bond donors (Lipinski definition) is 1. The van der Waals surface area contributed by atoms with E-state index in [1.54, 1.807) is 21.3 Å². The lowest BCUT2D eigenvalue weighted by Gasteiger charge is -2.36. The van der Waals surface area contributed by atoms with Crippen LogP contribution in [0.15, 0.2) is 41.4 Å². The minimum atomic E-state index is 0. The summed E-state index contributed by atoms with van der Waals surface area (Å²) in [5.41, 5.74) is 3.73. The Kier molecular flexibility index (Phi) is 11.1. The molecule has 0 saturated carbocycles. The molecule has 0 atom stereocenters. The molecule has 0 radical (unpaired) electrons. The molecule has 0 aromatic heterocycles. The van der Waals surface area contributed by atoms with Gasteiger partial charge in [-0.1, -0.05) is 35.9 Å². The fraction of sp³-hybridized carbons (Fsp3) is 0.480. The van der Waals surface area contributed by atoms with E-state index >= 15 is 0 Å². The number of nitrogens with one attached hydrogen (secondary N) is 1. The topological polar surface area (TPSA) is 58.6 Å². The van der Waals surface area contributed by atoms with Crippen LogP contribution in [0.1, 0.15) is 16.7 Å². The zero-order valence-electron chi connectivity index (χ0n) is 20.4. The third kappa shape index (κ3) is 7.14. The second-order valence-corrected chi connectivity index (χ2v) is 7.97. The van der Waals surface area contributed by atoms with Crippen LogP contribution in [0.2, 0.25) is 0 Å². The predicted molar refractivity (Wildman–Crippen MR) is 145 cm³/mol. The molecule has 2 aromatic rings. The van der Waals surface area contributed by atoms with Crippen molar-refractivity contribution in [1.82, 2.24) is 15.1 Å². The number of guanidine groups is 1. The molecule has 0 bridgehead atoms. The maximum Gasteiger partial charge on any atom is 0.203 e. The maximum absolute atomic E-state index is 5.64. The summed E-state index contributed by atoms with van der Waals surface area (Å²) < 4.78 is 16.6. The first-order valence-electron chi connectivity index (χ1n) is 11.1. The highest BCUT2D eigenvalue weighted by Crippen LogP contribution is 2.40. The third-order valence-corrected chi connectivity index (χ3v) is 5.88. The molecule has 8 heteroatoms. The molecule has 1 aliphatic rings. The number of benzene rings is 2. The highest BCUT2D eigenvalue weighted by molar-refractivity contribution is 14.0. The van der Waals surface area contributed by atoms with Crippen molar-refractivity contribution in [3.8, 4) is 17.2 Å². The monoisotopic (exact) mass is 568 g/mol. The van der Waals surface area contributed by atoms with Crippen LogP contribution in [0.25, 0.3) is 0 Å². The molecule has 33 heavy (non-hydrogen) atoms. The highest BCUT2D eigenvalue weighted by Gasteiger charge is 2.22. The normalized spacial score (nSPS) is 14.5. The largest absolute Gasteiger partial charge is 0.493 e. The van der Waals surface area contributed by atoms with Gasteiger partial charge in [0.1, 0.15) is 0 Å². The van der Waals surface area contributed by atoms with Gasteiger partial charge in [-0.25, -0.2) is 0 Å². The quantitative estimate of drug-likeness (QED) is 0.299. The fourth-order valence-corrected chi connectivity index (χ4v) is 4.05. The molecule has 1 N–H and O–H groups in total. The Labute approximate surface area is 215 Å². The van der Waals surface area contributed by atoms with Crippen molar-refractivity contribution < 1.29 is 14.2 Å². The van der Waals surface area contributed by atoms with Crippen molar-refractivity contribution in [3.05, 3.63) is 53.1 Å². The Balaban J connectivity index is 0.00000385. The molecule has 2 aromatic carbocycles. The maximum atomic E-state index is 5.64. The average Bonchev–Trinajstić information content (AvgIpc) is 2.83. The van der Waals surface area contributed by atoms with Gasteiger partial charge in [0.2, 0.25) is 5.75 Å². The molecule has 0 aliphatic carbocycles. The number of piperazine rings is 1. The van der Waals surface area contributed by atoms with E-state index < -0.39 is 0 Å². The van der Waals surface area contributed by atoms with E-state index in [0.717, 1.165) is 63.0 Å². The summed E-state index contributed by atoms with van der Waals surface area (Å²) in [6.07, 6.45) is 0.984. The number of methoxy groups -OCH3 is 3. The molecule has 0 amide bonds. The number of aliphatic imine (C=N–C) groups is 1. The second-order valence-electron chi connectivity index (χ2n) is 7.97. The number of aryl methyl sites for hydroxylation is 1. The summed E-state index contributed by atoms with van der Waals surface area (Å²) in [5.74, 6) is 3.03. The smallest absolute Gasteiger partial charge is 0.203 e. The van der Waals surface area contributed by atoms with Gasteiger partial charge in [0.25, 0.3) is 0 Å². The molecular formula is C25H37IN4O3. The fourth-order valence-electron chi connectivity index (χ4n) is 4.05. The Morgan fingerprint density at radius 1 is 0.909 bits per heavy atom. The second kappa shape index (κ2) is 13.5. The van der Waals surface area contributed by atoms with Crippen molar-refractivity contribution in [2.24, 2.45) is 4.99 Å². The molecule has 1 aliphatic heterocycles. The molecule has 7 nitrogen and oxygen atoms in total. The summed E-state index contributed by atoms with van der Waals surface area (Å²) in [6.45, 7) is 7.56. The van der Waals surface area contributed by atoms with Gasteiger partial charge in [0, 0.05) is 51.9 Å². The Hall–Kier alpha value is -2.20. The molecular weight excluding hydrogens is 531 g/mol. The minimum absolute atomic E-state index is 0. The van der Waals surface area contributed by atoms with Crippen LogP contribution in [-0.2, 0) is 13.0 Å². The standard InChI is InChI=1S/C25H36N4O3.HI/c1-19-6-8-20(9-7-19)12-13-27-25(26-2)29-16-14-28(15-17-29)18-21-10-11-22(30-3)24(32-5)23(21)31-4;/h6-11H,12-18H2,1-5H3,(H,26,27);1H. The van der Waals surface area contributed by atoms with Gasteiger partial charge in [-0.2, -0.15) is 0 Å². The van der Waals surface area contributed by atoms with Gasteiger partial charge < -0.3 is 24.4 Å². The van der Waals surface area contributed by atoms with Crippen LogP contribution in [0.4, 0.5) is 0 Å². The van der Waals surface area contributed by atoms with Crippen LogP contribution in [0, 0.1) is 6.92 Å². The van der Waals surface area contributed by atoms with Gasteiger partial charge in [-0.15, -0.1) is 24.0 Å². The van der Waals surface area contributed by atoms with Crippen LogP contribution >= 0.6 is 24.0 Å². The SMILES string of the molecule is CN=C(NCCc1ccc(C)cc1)N1CCN(Cc2ccc(OC)c(OC)c2OC)CC1.I. The number of nitrogens with zero attached hydrogens (tertiary/aromatic N) is 3. The van der Waals surface area contributed by atoms with Crippen LogP contribution in [-0.4, -0.2) is 76.9 Å². The molecule has 3 rings (SSSR count). The summed E-state index contributed by atoms with van der Waals surface area (Å²) in [5, 5.41) is 3.52. The van der Waals surface area contributed by atoms with Gasteiger partial charge in [-0.3, -0.25) is 9.89 Å².